The van der Waals surface area contributed by atoms with Gasteiger partial charge in [-0.1, -0.05) is 68.4 Å². The van der Waals surface area contributed by atoms with E-state index in [9.17, 15) is 4.79 Å². The summed E-state index contributed by atoms with van der Waals surface area (Å²) in [6.45, 7) is 4.39. The molecule has 2 rings (SSSR count). The first-order valence-corrected chi connectivity index (χ1v) is 7.25. The molecule has 0 saturated heterocycles. The molecule has 2 aromatic rings. The van der Waals surface area contributed by atoms with Gasteiger partial charge in [-0.2, -0.15) is 0 Å². The second-order valence-corrected chi connectivity index (χ2v) is 5.55. The van der Waals surface area contributed by atoms with Gasteiger partial charge >= 0.3 is 0 Å². The molecule has 0 radical (unpaired) electrons. The molecule has 0 heterocycles. The monoisotopic (exact) mass is 318 g/mol. The summed E-state index contributed by atoms with van der Waals surface area (Å²) in [4.78, 5) is 11.8. The quantitative estimate of drug-likeness (QED) is 0.888. The SMILES string of the molecule is CC(C)[C@@H](N)C(=O)NCc1ccc(-c2ccccc2)cc1.Cl. The number of hydrogen-bond donors (Lipinski definition) is 2. The second-order valence-electron chi connectivity index (χ2n) is 5.55. The van der Waals surface area contributed by atoms with E-state index in [1.165, 1.54) is 11.1 Å². The molecule has 118 valence electrons. The molecule has 0 saturated carbocycles. The molecule has 3 nitrogen and oxygen atoms in total. The molecule has 0 unspecified atom stereocenters. The van der Waals surface area contributed by atoms with Crippen molar-refractivity contribution in [3.63, 3.8) is 0 Å². The van der Waals surface area contributed by atoms with E-state index >= 15 is 0 Å². The van der Waals surface area contributed by atoms with E-state index in [1.807, 2.05) is 44.2 Å². The van der Waals surface area contributed by atoms with Crippen molar-refractivity contribution >= 4 is 18.3 Å². The smallest absolute Gasteiger partial charge is 0.237 e. The Hall–Kier alpha value is -1.84. The highest BCUT2D eigenvalue weighted by atomic mass is 35.5. The summed E-state index contributed by atoms with van der Waals surface area (Å²) < 4.78 is 0. The van der Waals surface area contributed by atoms with Gasteiger partial charge in [0.05, 0.1) is 6.04 Å². The fourth-order valence-electron chi connectivity index (χ4n) is 2.06. The third-order valence-corrected chi connectivity index (χ3v) is 3.55. The van der Waals surface area contributed by atoms with E-state index in [0.29, 0.717) is 6.54 Å². The van der Waals surface area contributed by atoms with Gasteiger partial charge in [0.2, 0.25) is 5.91 Å². The van der Waals surface area contributed by atoms with Crippen molar-refractivity contribution in [1.29, 1.82) is 0 Å². The Kier molecular flexibility index (Phi) is 7.09. The van der Waals surface area contributed by atoms with E-state index < -0.39 is 6.04 Å². The van der Waals surface area contributed by atoms with Crippen molar-refractivity contribution in [2.24, 2.45) is 11.7 Å². The van der Waals surface area contributed by atoms with Gasteiger partial charge in [0.15, 0.2) is 0 Å². The number of hydrogen-bond acceptors (Lipinski definition) is 2. The van der Waals surface area contributed by atoms with E-state index in [1.54, 1.807) is 0 Å². The van der Waals surface area contributed by atoms with Crippen molar-refractivity contribution in [3.8, 4) is 11.1 Å². The lowest BCUT2D eigenvalue weighted by molar-refractivity contribution is -0.123. The van der Waals surface area contributed by atoms with Crippen molar-refractivity contribution in [2.45, 2.75) is 26.4 Å². The maximum absolute atomic E-state index is 11.8. The molecule has 0 aliphatic rings. The molecular formula is C18H23ClN2O. The van der Waals surface area contributed by atoms with E-state index in [-0.39, 0.29) is 24.2 Å². The standard InChI is InChI=1S/C18H22N2O.ClH/c1-13(2)17(19)18(21)20-12-14-8-10-16(11-9-14)15-6-4-3-5-7-15;/h3-11,13,17H,12,19H2,1-2H3,(H,20,21);1H/t17-;/m1./s1. The number of nitrogens with one attached hydrogen (secondary N) is 1. The number of carbonyl (C=O) groups is 1. The van der Waals surface area contributed by atoms with Gasteiger partial charge < -0.3 is 11.1 Å². The molecule has 22 heavy (non-hydrogen) atoms. The lowest BCUT2D eigenvalue weighted by Crippen LogP contribution is -2.43. The average Bonchev–Trinajstić information content (AvgIpc) is 2.53. The first-order chi connectivity index (χ1) is 10.1. The van der Waals surface area contributed by atoms with Crippen LogP contribution in [0.3, 0.4) is 0 Å². The number of carbonyl (C=O) groups excluding carboxylic acids is 1. The highest BCUT2D eigenvalue weighted by molar-refractivity contribution is 5.85. The number of nitrogens with two attached hydrogens (primary N) is 1. The lowest BCUT2D eigenvalue weighted by Gasteiger charge is -2.15. The maximum Gasteiger partial charge on any atom is 0.237 e. The third kappa shape index (κ3) is 4.86. The topological polar surface area (TPSA) is 55.1 Å². The predicted octanol–water partition coefficient (Wildman–Crippen LogP) is 3.37. The van der Waals surface area contributed by atoms with Crippen molar-refractivity contribution in [3.05, 3.63) is 60.2 Å². The van der Waals surface area contributed by atoms with Gasteiger partial charge in [-0.15, -0.1) is 12.4 Å². The van der Waals surface area contributed by atoms with Crippen molar-refractivity contribution in [2.75, 3.05) is 0 Å². The summed E-state index contributed by atoms with van der Waals surface area (Å²) in [7, 11) is 0. The molecule has 0 spiro atoms. The van der Waals surface area contributed by atoms with Gasteiger partial charge in [-0.3, -0.25) is 4.79 Å². The van der Waals surface area contributed by atoms with Crippen LogP contribution in [-0.4, -0.2) is 11.9 Å². The Morgan fingerprint density at radius 1 is 1.00 bits per heavy atom. The molecule has 2 aromatic carbocycles. The summed E-state index contributed by atoms with van der Waals surface area (Å²) in [5.41, 5.74) is 9.24. The van der Waals surface area contributed by atoms with Gasteiger partial charge in [0.25, 0.3) is 0 Å². The fraction of sp³-hybridized carbons (Fsp3) is 0.278. The third-order valence-electron chi connectivity index (χ3n) is 3.55. The van der Waals surface area contributed by atoms with Gasteiger partial charge in [0, 0.05) is 6.54 Å². The first-order valence-electron chi connectivity index (χ1n) is 7.25. The zero-order valence-electron chi connectivity index (χ0n) is 13.0. The summed E-state index contributed by atoms with van der Waals surface area (Å²) in [6, 6.07) is 18.0. The Morgan fingerprint density at radius 3 is 2.09 bits per heavy atom. The van der Waals surface area contributed by atoms with Crippen LogP contribution in [0.5, 0.6) is 0 Å². The molecule has 3 N–H and O–H groups in total. The number of rotatable bonds is 5. The summed E-state index contributed by atoms with van der Waals surface area (Å²) >= 11 is 0. The molecule has 0 aromatic heterocycles. The Labute approximate surface area is 138 Å². The molecule has 0 bridgehead atoms. The van der Waals surface area contributed by atoms with E-state index in [2.05, 4.69) is 29.6 Å². The zero-order valence-corrected chi connectivity index (χ0v) is 13.8. The van der Waals surface area contributed by atoms with Crippen LogP contribution in [0.1, 0.15) is 19.4 Å². The fourth-order valence-corrected chi connectivity index (χ4v) is 2.06. The molecule has 0 fully saturated rings. The van der Waals surface area contributed by atoms with Crippen LogP contribution in [0.15, 0.2) is 54.6 Å². The normalized spacial score (nSPS) is 11.6. The van der Waals surface area contributed by atoms with Gasteiger partial charge in [-0.25, -0.2) is 0 Å². The van der Waals surface area contributed by atoms with Crippen LogP contribution in [0.25, 0.3) is 11.1 Å². The van der Waals surface area contributed by atoms with Crippen LogP contribution < -0.4 is 11.1 Å². The highest BCUT2D eigenvalue weighted by Crippen LogP contribution is 2.19. The molecule has 4 heteroatoms. The first kappa shape index (κ1) is 18.2. The lowest BCUT2D eigenvalue weighted by atomic mass is 10.0. The summed E-state index contributed by atoms with van der Waals surface area (Å²) in [5, 5.41) is 2.88. The predicted molar refractivity (Wildman–Crippen MR) is 93.8 cm³/mol. The summed E-state index contributed by atoms with van der Waals surface area (Å²) in [6.07, 6.45) is 0. The highest BCUT2D eigenvalue weighted by Gasteiger charge is 2.16. The largest absolute Gasteiger partial charge is 0.351 e. The average molecular weight is 319 g/mol. The van der Waals surface area contributed by atoms with Gasteiger partial charge in [-0.05, 0) is 22.6 Å². The molecule has 0 aliphatic carbocycles. The second kappa shape index (κ2) is 8.57. The molecule has 0 aliphatic heterocycles. The van der Waals surface area contributed by atoms with E-state index in [4.69, 9.17) is 5.73 Å². The van der Waals surface area contributed by atoms with Crippen molar-refractivity contribution in [1.82, 2.24) is 5.32 Å². The van der Waals surface area contributed by atoms with Crippen molar-refractivity contribution < 1.29 is 4.79 Å². The zero-order chi connectivity index (χ0) is 15.2. The van der Waals surface area contributed by atoms with Gasteiger partial charge in [0.1, 0.15) is 0 Å². The maximum atomic E-state index is 11.8. The Balaban J connectivity index is 0.00000242. The Bertz CT molecular complexity index is 582. The Morgan fingerprint density at radius 2 is 1.55 bits per heavy atom. The minimum atomic E-state index is -0.450. The number of benzene rings is 2. The minimum Gasteiger partial charge on any atom is -0.351 e. The molecule has 1 amide bonds. The molecular weight excluding hydrogens is 296 g/mol. The number of halogens is 1. The minimum absolute atomic E-state index is 0. The van der Waals surface area contributed by atoms with Crippen LogP contribution in [0.4, 0.5) is 0 Å². The van der Waals surface area contributed by atoms with E-state index in [0.717, 1.165) is 5.56 Å². The molecule has 1 atom stereocenters. The summed E-state index contributed by atoms with van der Waals surface area (Å²) in [5.74, 6) is 0.0441. The van der Waals surface area contributed by atoms with Crippen LogP contribution in [0, 0.1) is 5.92 Å². The number of amides is 1. The van der Waals surface area contributed by atoms with Crippen LogP contribution in [0.2, 0.25) is 0 Å². The van der Waals surface area contributed by atoms with Crippen LogP contribution in [-0.2, 0) is 11.3 Å². The van der Waals surface area contributed by atoms with Crippen LogP contribution >= 0.6 is 12.4 Å².